The Morgan fingerprint density at radius 3 is 2.30 bits per heavy atom. The van der Waals surface area contributed by atoms with E-state index in [9.17, 15) is 14.4 Å². The zero-order valence-electron chi connectivity index (χ0n) is 17.1. The van der Waals surface area contributed by atoms with Crippen LogP contribution in [0, 0.1) is 17.3 Å². The summed E-state index contributed by atoms with van der Waals surface area (Å²) in [6.07, 6.45) is 5.47. The first kappa shape index (κ1) is 19.8. The van der Waals surface area contributed by atoms with Gasteiger partial charge < -0.3 is 10.2 Å². The van der Waals surface area contributed by atoms with E-state index in [1.807, 2.05) is 13.8 Å². The Labute approximate surface area is 162 Å². The number of carbonyl (C=O) groups excluding carboxylic acids is 3. The van der Waals surface area contributed by atoms with Gasteiger partial charge in [-0.2, -0.15) is 0 Å². The van der Waals surface area contributed by atoms with Crippen LogP contribution in [0.2, 0.25) is 0 Å². The van der Waals surface area contributed by atoms with Gasteiger partial charge in [-0.1, -0.05) is 24.1 Å². The van der Waals surface area contributed by atoms with E-state index in [1.165, 1.54) is 5.57 Å². The molecule has 1 heterocycles. The third-order valence-electron chi connectivity index (χ3n) is 6.57. The summed E-state index contributed by atoms with van der Waals surface area (Å²) in [5, 5.41) is 2.83. The fourth-order valence-electron chi connectivity index (χ4n) is 5.34. The van der Waals surface area contributed by atoms with Crippen LogP contribution in [0.4, 0.5) is 4.79 Å². The van der Waals surface area contributed by atoms with Crippen molar-refractivity contribution in [1.82, 2.24) is 10.2 Å². The number of rotatable bonds is 2. The first-order chi connectivity index (χ1) is 12.8. The molecular weight excluding hydrogens is 340 g/mol. The lowest BCUT2D eigenvalue weighted by Gasteiger charge is -2.45. The second-order valence-corrected chi connectivity index (χ2v) is 8.78. The van der Waals surface area contributed by atoms with Gasteiger partial charge in [-0.3, -0.25) is 9.59 Å². The van der Waals surface area contributed by atoms with Gasteiger partial charge in [0, 0.05) is 32.5 Å². The van der Waals surface area contributed by atoms with Crippen LogP contribution in [0.3, 0.4) is 0 Å². The van der Waals surface area contributed by atoms with Crippen LogP contribution in [0.5, 0.6) is 0 Å². The molecule has 1 atom stereocenters. The first-order valence-electron chi connectivity index (χ1n) is 10.2. The Kier molecular flexibility index (Phi) is 5.59. The van der Waals surface area contributed by atoms with Crippen molar-refractivity contribution in [2.24, 2.45) is 17.3 Å². The van der Waals surface area contributed by atoms with Crippen molar-refractivity contribution >= 4 is 17.6 Å². The number of piperidine rings is 1. The second kappa shape index (κ2) is 7.61. The molecule has 2 fully saturated rings. The van der Waals surface area contributed by atoms with Crippen LogP contribution in [0.1, 0.15) is 59.8 Å². The third kappa shape index (κ3) is 3.87. The summed E-state index contributed by atoms with van der Waals surface area (Å²) < 4.78 is 0. The van der Waals surface area contributed by atoms with Crippen LogP contribution in [-0.2, 0) is 9.59 Å². The van der Waals surface area contributed by atoms with Crippen LogP contribution < -0.4 is 5.32 Å². The van der Waals surface area contributed by atoms with Crippen molar-refractivity contribution < 1.29 is 14.4 Å². The highest BCUT2D eigenvalue weighted by Gasteiger charge is 2.48. The number of hydrogen-bond donors (Lipinski definition) is 1. The minimum absolute atomic E-state index is 0.0438. The van der Waals surface area contributed by atoms with Gasteiger partial charge in [0.2, 0.25) is 0 Å². The molecule has 1 unspecified atom stereocenters. The maximum absolute atomic E-state index is 13.1. The number of urea groups is 1. The number of likely N-dealkylation sites (tertiary alicyclic amines) is 1. The van der Waals surface area contributed by atoms with Gasteiger partial charge in [-0.25, -0.2) is 4.79 Å². The average molecular weight is 373 g/mol. The van der Waals surface area contributed by atoms with Crippen LogP contribution >= 0.6 is 0 Å². The molecule has 0 aromatic heterocycles. The molecule has 1 N–H and O–H groups in total. The van der Waals surface area contributed by atoms with Gasteiger partial charge in [0.15, 0.2) is 0 Å². The standard InChI is InChI=1S/C22H32N2O3/c1-5-23-21(27)24-8-6-22(7-9-24)12-17(25)20(18(26)13-22)19-15(3)10-14(2)11-16(19)4/h10,16,20H,5-9,11-13H2,1-4H3,(H,23,27). The maximum atomic E-state index is 13.1. The lowest BCUT2D eigenvalue weighted by molar-refractivity contribution is -0.140. The molecule has 1 aliphatic heterocycles. The summed E-state index contributed by atoms with van der Waals surface area (Å²) in [6.45, 7) is 10.0. The van der Waals surface area contributed by atoms with Gasteiger partial charge in [-0.15, -0.1) is 0 Å². The maximum Gasteiger partial charge on any atom is 0.317 e. The van der Waals surface area contributed by atoms with Gasteiger partial charge in [0.1, 0.15) is 11.6 Å². The molecule has 0 bridgehead atoms. The highest BCUT2D eigenvalue weighted by Crippen LogP contribution is 2.47. The Hall–Kier alpha value is -1.91. The molecule has 27 heavy (non-hydrogen) atoms. The summed E-state index contributed by atoms with van der Waals surface area (Å²) in [6, 6.07) is -0.0438. The molecule has 2 amide bonds. The summed E-state index contributed by atoms with van der Waals surface area (Å²) >= 11 is 0. The van der Waals surface area contributed by atoms with E-state index in [-0.39, 0.29) is 28.9 Å². The molecule has 148 valence electrons. The van der Waals surface area contributed by atoms with Crippen LogP contribution in [0.15, 0.2) is 22.8 Å². The highest BCUT2D eigenvalue weighted by atomic mass is 16.2. The van der Waals surface area contributed by atoms with E-state index in [2.05, 4.69) is 25.2 Å². The van der Waals surface area contributed by atoms with Crippen LogP contribution in [0.25, 0.3) is 0 Å². The number of Topliss-reactive ketones (excluding diaryl/α,β-unsaturated/α-hetero) is 2. The monoisotopic (exact) mass is 372 g/mol. The highest BCUT2D eigenvalue weighted by molar-refractivity contribution is 6.08. The SMILES string of the molecule is CCNC(=O)N1CCC2(CC1)CC(=O)C(C1=C(C)C=C(C)CC1C)C(=O)C2. The molecule has 2 aliphatic carbocycles. The van der Waals surface area contributed by atoms with Crippen molar-refractivity contribution in [3.05, 3.63) is 22.8 Å². The topological polar surface area (TPSA) is 66.5 Å². The molecule has 5 heteroatoms. The van der Waals surface area contributed by atoms with Crippen LogP contribution in [-0.4, -0.2) is 42.1 Å². The molecule has 0 radical (unpaired) electrons. The Morgan fingerprint density at radius 1 is 1.19 bits per heavy atom. The van der Waals surface area contributed by atoms with E-state index < -0.39 is 5.92 Å². The fourth-order valence-corrected chi connectivity index (χ4v) is 5.34. The van der Waals surface area contributed by atoms with Crippen molar-refractivity contribution in [3.63, 3.8) is 0 Å². The van der Waals surface area contributed by atoms with Crippen molar-refractivity contribution in [1.29, 1.82) is 0 Å². The van der Waals surface area contributed by atoms with E-state index in [0.29, 0.717) is 32.5 Å². The summed E-state index contributed by atoms with van der Waals surface area (Å²) in [4.78, 5) is 40.0. The molecule has 1 saturated carbocycles. The number of hydrogen-bond acceptors (Lipinski definition) is 3. The normalized spacial score (nSPS) is 26.4. The van der Waals surface area contributed by atoms with Gasteiger partial charge in [0.05, 0.1) is 5.92 Å². The second-order valence-electron chi connectivity index (χ2n) is 8.78. The third-order valence-corrected chi connectivity index (χ3v) is 6.57. The molecule has 1 spiro atoms. The van der Waals surface area contributed by atoms with Gasteiger partial charge in [0.25, 0.3) is 0 Å². The fraction of sp³-hybridized carbons (Fsp3) is 0.682. The smallest absolute Gasteiger partial charge is 0.317 e. The predicted molar refractivity (Wildman–Crippen MR) is 105 cm³/mol. The number of amides is 2. The van der Waals surface area contributed by atoms with E-state index in [1.54, 1.807) is 4.90 Å². The largest absolute Gasteiger partial charge is 0.338 e. The lowest BCUT2D eigenvalue weighted by atomic mass is 9.61. The number of nitrogens with one attached hydrogen (secondary N) is 1. The molecular formula is C22H32N2O3. The minimum atomic E-state index is -0.545. The van der Waals surface area contributed by atoms with Crippen molar-refractivity contribution in [2.45, 2.75) is 59.8 Å². The minimum Gasteiger partial charge on any atom is -0.338 e. The molecule has 3 aliphatic rings. The quantitative estimate of drug-likeness (QED) is 0.753. The predicted octanol–water partition coefficient (Wildman–Crippen LogP) is 3.65. The lowest BCUT2D eigenvalue weighted by Crippen LogP contribution is -2.51. The number of ketones is 2. The van der Waals surface area contributed by atoms with Gasteiger partial charge in [-0.05, 0) is 56.9 Å². The average Bonchev–Trinajstić information content (AvgIpc) is 2.57. The molecule has 1 saturated heterocycles. The zero-order chi connectivity index (χ0) is 19.8. The van der Waals surface area contributed by atoms with E-state index >= 15 is 0 Å². The first-order valence-corrected chi connectivity index (χ1v) is 10.2. The van der Waals surface area contributed by atoms with E-state index in [4.69, 9.17) is 0 Å². The molecule has 5 nitrogen and oxygen atoms in total. The molecule has 0 aromatic rings. The summed E-state index contributed by atoms with van der Waals surface area (Å²) in [5.41, 5.74) is 3.21. The zero-order valence-corrected chi connectivity index (χ0v) is 17.1. The van der Waals surface area contributed by atoms with Gasteiger partial charge >= 0.3 is 6.03 Å². The summed E-state index contributed by atoms with van der Waals surface area (Å²) in [7, 11) is 0. The Bertz CT molecular complexity index is 691. The van der Waals surface area contributed by atoms with Crippen molar-refractivity contribution in [3.8, 4) is 0 Å². The number of allylic oxidation sites excluding steroid dienone is 4. The number of carbonyl (C=O) groups is 3. The Morgan fingerprint density at radius 2 is 1.78 bits per heavy atom. The summed E-state index contributed by atoms with van der Waals surface area (Å²) in [5.74, 6) is -0.114. The van der Waals surface area contributed by atoms with E-state index in [0.717, 1.165) is 30.4 Å². The number of nitrogens with zero attached hydrogens (tertiary/aromatic N) is 1. The molecule has 0 aromatic carbocycles. The van der Waals surface area contributed by atoms with Crippen molar-refractivity contribution in [2.75, 3.05) is 19.6 Å². The molecule has 3 rings (SSSR count). The Balaban J connectivity index is 1.73.